The highest BCUT2D eigenvalue weighted by atomic mass is 19.1. The Morgan fingerprint density at radius 1 is 1.00 bits per heavy atom. The van der Waals surface area contributed by atoms with Crippen molar-refractivity contribution < 1.29 is 9.18 Å². The van der Waals surface area contributed by atoms with Gasteiger partial charge in [-0.25, -0.2) is 4.39 Å². The normalized spacial score (nSPS) is 16.1. The Morgan fingerprint density at radius 2 is 1.72 bits per heavy atom. The fourth-order valence-corrected chi connectivity index (χ4v) is 2.23. The minimum absolute atomic E-state index is 0.0786. The van der Waals surface area contributed by atoms with Gasteiger partial charge in [-0.1, -0.05) is 36.4 Å². The number of halogens is 1. The second kappa shape index (κ2) is 4.22. The number of benzene rings is 2. The molecule has 2 heteroatoms. The van der Waals surface area contributed by atoms with Crippen molar-refractivity contribution in [2.75, 3.05) is 0 Å². The van der Waals surface area contributed by atoms with Crippen LogP contribution >= 0.6 is 0 Å². The first-order valence-corrected chi connectivity index (χ1v) is 5.83. The Morgan fingerprint density at radius 3 is 2.44 bits per heavy atom. The predicted octanol–water partition coefficient (Wildman–Crippen LogP) is 3.65. The van der Waals surface area contributed by atoms with Gasteiger partial charge in [-0.3, -0.25) is 4.79 Å². The first kappa shape index (κ1) is 10.9. The van der Waals surface area contributed by atoms with E-state index in [0.29, 0.717) is 6.42 Å². The molecule has 0 amide bonds. The van der Waals surface area contributed by atoms with Crippen molar-refractivity contribution >= 4 is 11.9 Å². The van der Waals surface area contributed by atoms with Gasteiger partial charge in [0.15, 0.2) is 5.78 Å². The monoisotopic (exact) mass is 238 g/mol. The third-order valence-corrected chi connectivity index (χ3v) is 3.15. The molecule has 0 N–H and O–H groups in total. The minimum Gasteiger partial charge on any atom is -0.289 e. The molecule has 0 radical (unpaired) electrons. The van der Waals surface area contributed by atoms with Gasteiger partial charge in [0, 0.05) is 17.6 Å². The summed E-state index contributed by atoms with van der Waals surface area (Å²) in [6, 6.07) is 13.8. The summed E-state index contributed by atoms with van der Waals surface area (Å²) in [7, 11) is 0. The lowest BCUT2D eigenvalue weighted by Gasteiger charge is -1.96. The van der Waals surface area contributed by atoms with Crippen LogP contribution in [-0.4, -0.2) is 5.78 Å². The fourth-order valence-electron chi connectivity index (χ4n) is 2.23. The molecule has 0 heterocycles. The third kappa shape index (κ3) is 1.86. The van der Waals surface area contributed by atoms with Gasteiger partial charge in [0.1, 0.15) is 5.82 Å². The van der Waals surface area contributed by atoms with Crippen molar-refractivity contribution in [1.82, 2.24) is 0 Å². The molecule has 0 unspecified atom stereocenters. The molecular weight excluding hydrogens is 227 g/mol. The van der Waals surface area contributed by atoms with Crippen molar-refractivity contribution in [3.8, 4) is 0 Å². The lowest BCUT2D eigenvalue weighted by atomic mass is 10.1. The quantitative estimate of drug-likeness (QED) is 0.693. The van der Waals surface area contributed by atoms with Gasteiger partial charge in [0.2, 0.25) is 0 Å². The van der Waals surface area contributed by atoms with Crippen LogP contribution in [0.3, 0.4) is 0 Å². The maximum absolute atomic E-state index is 12.8. The number of allylic oxidation sites excluding steroid dienone is 1. The molecule has 2 aromatic rings. The third-order valence-electron chi connectivity index (χ3n) is 3.15. The molecule has 0 saturated heterocycles. The van der Waals surface area contributed by atoms with Gasteiger partial charge in [-0.05, 0) is 29.3 Å². The van der Waals surface area contributed by atoms with Crippen molar-refractivity contribution in [3.05, 3.63) is 76.6 Å². The van der Waals surface area contributed by atoms with E-state index in [1.807, 2.05) is 30.3 Å². The Kier molecular flexibility index (Phi) is 2.56. The van der Waals surface area contributed by atoms with Gasteiger partial charge in [-0.2, -0.15) is 0 Å². The van der Waals surface area contributed by atoms with Crippen LogP contribution in [0.15, 0.2) is 54.1 Å². The molecule has 0 aromatic heterocycles. The molecule has 2 aromatic carbocycles. The summed E-state index contributed by atoms with van der Waals surface area (Å²) in [6.07, 6.45) is 2.49. The summed E-state index contributed by atoms with van der Waals surface area (Å²) in [4.78, 5) is 12.1. The van der Waals surface area contributed by atoms with E-state index in [4.69, 9.17) is 0 Å². The van der Waals surface area contributed by atoms with Crippen LogP contribution in [0, 0.1) is 5.82 Å². The number of Topliss-reactive ketones (excluding diaryl/α,β-unsaturated/α-hetero) is 1. The second-order valence-electron chi connectivity index (χ2n) is 4.38. The van der Waals surface area contributed by atoms with Gasteiger partial charge < -0.3 is 0 Å². The molecule has 0 bridgehead atoms. The molecule has 88 valence electrons. The van der Waals surface area contributed by atoms with Crippen molar-refractivity contribution in [3.63, 3.8) is 0 Å². The first-order chi connectivity index (χ1) is 8.74. The van der Waals surface area contributed by atoms with Gasteiger partial charge in [0.05, 0.1) is 0 Å². The summed E-state index contributed by atoms with van der Waals surface area (Å²) in [5, 5.41) is 0. The summed E-state index contributed by atoms with van der Waals surface area (Å²) in [5.74, 6) is -0.187. The summed E-state index contributed by atoms with van der Waals surface area (Å²) >= 11 is 0. The van der Waals surface area contributed by atoms with E-state index in [2.05, 4.69) is 0 Å². The molecule has 1 nitrogen and oxygen atoms in total. The van der Waals surface area contributed by atoms with Crippen LogP contribution in [0.5, 0.6) is 0 Å². The van der Waals surface area contributed by atoms with E-state index in [1.165, 1.54) is 12.1 Å². The predicted molar refractivity (Wildman–Crippen MR) is 68.9 cm³/mol. The summed E-state index contributed by atoms with van der Waals surface area (Å²) in [5.41, 5.74) is 3.47. The van der Waals surface area contributed by atoms with E-state index >= 15 is 0 Å². The first-order valence-electron chi connectivity index (χ1n) is 5.83. The number of ketones is 1. The summed E-state index contributed by atoms with van der Waals surface area (Å²) < 4.78 is 12.8. The van der Waals surface area contributed by atoms with E-state index in [0.717, 1.165) is 22.3 Å². The Labute approximate surface area is 105 Å². The lowest BCUT2D eigenvalue weighted by Crippen LogP contribution is -1.94. The molecule has 3 rings (SSSR count). The van der Waals surface area contributed by atoms with E-state index < -0.39 is 0 Å². The van der Waals surface area contributed by atoms with Crippen LogP contribution in [0.4, 0.5) is 4.39 Å². The minimum atomic E-state index is -0.266. The Balaban J connectivity index is 1.97. The molecule has 0 aliphatic heterocycles. The number of hydrogen-bond donors (Lipinski definition) is 0. The molecular formula is C16H11FO. The van der Waals surface area contributed by atoms with E-state index in [-0.39, 0.29) is 11.6 Å². The average molecular weight is 238 g/mol. The maximum atomic E-state index is 12.8. The number of hydrogen-bond acceptors (Lipinski definition) is 1. The largest absolute Gasteiger partial charge is 0.289 e. The molecule has 1 aliphatic rings. The fraction of sp³-hybridized carbons (Fsp3) is 0.0625. The molecule has 0 atom stereocenters. The van der Waals surface area contributed by atoms with Gasteiger partial charge >= 0.3 is 0 Å². The highest BCUT2D eigenvalue weighted by Gasteiger charge is 2.23. The van der Waals surface area contributed by atoms with Crippen molar-refractivity contribution in [2.45, 2.75) is 6.42 Å². The molecule has 0 fully saturated rings. The molecule has 0 spiro atoms. The number of carbonyl (C=O) groups excluding carboxylic acids is 1. The number of carbonyl (C=O) groups is 1. The number of rotatable bonds is 1. The van der Waals surface area contributed by atoms with E-state index in [1.54, 1.807) is 12.1 Å². The molecule has 18 heavy (non-hydrogen) atoms. The molecule has 1 aliphatic carbocycles. The summed E-state index contributed by atoms with van der Waals surface area (Å²) in [6.45, 7) is 0. The maximum Gasteiger partial charge on any atom is 0.189 e. The van der Waals surface area contributed by atoms with Crippen LogP contribution in [0.1, 0.15) is 21.5 Å². The Bertz CT molecular complexity index is 638. The lowest BCUT2D eigenvalue weighted by molar-refractivity contribution is 0.104. The van der Waals surface area contributed by atoms with Crippen molar-refractivity contribution in [2.24, 2.45) is 0 Å². The van der Waals surface area contributed by atoms with Crippen LogP contribution in [0.25, 0.3) is 6.08 Å². The van der Waals surface area contributed by atoms with E-state index in [9.17, 15) is 9.18 Å². The highest BCUT2D eigenvalue weighted by Crippen LogP contribution is 2.27. The SMILES string of the molecule is O=C1/C(=C/c2ccc(F)cc2)Cc2ccccc21. The zero-order valence-corrected chi connectivity index (χ0v) is 9.69. The topological polar surface area (TPSA) is 17.1 Å². The Hall–Kier alpha value is -2.22. The van der Waals surface area contributed by atoms with Crippen molar-refractivity contribution in [1.29, 1.82) is 0 Å². The molecule has 0 saturated carbocycles. The van der Waals surface area contributed by atoms with Gasteiger partial charge in [0.25, 0.3) is 0 Å². The van der Waals surface area contributed by atoms with Crippen LogP contribution < -0.4 is 0 Å². The highest BCUT2D eigenvalue weighted by molar-refractivity contribution is 6.15. The van der Waals surface area contributed by atoms with Crippen LogP contribution in [0.2, 0.25) is 0 Å². The standard InChI is InChI=1S/C16H11FO/c17-14-7-5-11(6-8-14)9-13-10-12-3-1-2-4-15(12)16(13)18/h1-9H,10H2/b13-9+. The zero-order valence-electron chi connectivity index (χ0n) is 9.69. The van der Waals surface area contributed by atoms with Gasteiger partial charge in [-0.15, -0.1) is 0 Å². The second-order valence-corrected chi connectivity index (χ2v) is 4.38. The number of fused-ring (bicyclic) bond motifs is 1. The zero-order chi connectivity index (χ0) is 12.5. The smallest absolute Gasteiger partial charge is 0.189 e. The average Bonchev–Trinajstić information content (AvgIpc) is 2.70. The van der Waals surface area contributed by atoms with Crippen LogP contribution in [-0.2, 0) is 6.42 Å².